The summed E-state index contributed by atoms with van der Waals surface area (Å²) < 4.78 is 15.5. The third-order valence-electron chi connectivity index (χ3n) is 7.42. The monoisotopic (exact) mass is 432 g/mol. The van der Waals surface area contributed by atoms with Crippen molar-refractivity contribution in [3.63, 3.8) is 0 Å². The highest BCUT2D eigenvalue weighted by Gasteiger charge is 2.57. The van der Waals surface area contributed by atoms with Crippen LogP contribution in [0.5, 0.6) is 5.75 Å². The fraction of sp³-hybridized carbons (Fsp3) is 0.682. The predicted octanol–water partition coefficient (Wildman–Crippen LogP) is 2.00. The predicted molar refractivity (Wildman–Crippen MR) is 112 cm³/mol. The lowest BCUT2D eigenvalue weighted by Gasteiger charge is -2.60. The van der Waals surface area contributed by atoms with Gasteiger partial charge in [-0.25, -0.2) is 0 Å². The Morgan fingerprint density at radius 1 is 1.29 bits per heavy atom. The minimum Gasteiger partial charge on any atom is -0.505 e. The van der Waals surface area contributed by atoms with Crippen LogP contribution in [0.1, 0.15) is 61.7 Å². The van der Waals surface area contributed by atoms with Gasteiger partial charge in [0.1, 0.15) is 5.56 Å². The minimum absolute atomic E-state index is 0.177. The summed E-state index contributed by atoms with van der Waals surface area (Å²) in [4.78, 5) is 26.6. The van der Waals surface area contributed by atoms with E-state index in [1.165, 1.54) is 9.25 Å². The molecule has 4 aliphatic rings. The van der Waals surface area contributed by atoms with Gasteiger partial charge in [-0.1, -0.05) is 0 Å². The fourth-order valence-electron chi connectivity index (χ4n) is 6.76. The van der Waals surface area contributed by atoms with Crippen molar-refractivity contribution in [1.29, 1.82) is 0 Å². The number of carbonyl (C=O) groups is 1. The first-order chi connectivity index (χ1) is 14.7. The quantitative estimate of drug-likeness (QED) is 0.605. The number of aromatic nitrogens is 3. The van der Waals surface area contributed by atoms with Crippen molar-refractivity contribution < 1.29 is 19.4 Å². The van der Waals surface area contributed by atoms with Gasteiger partial charge in [-0.2, -0.15) is 5.10 Å². The van der Waals surface area contributed by atoms with Crippen molar-refractivity contribution in [2.24, 2.45) is 18.9 Å². The lowest BCUT2D eigenvalue weighted by Crippen LogP contribution is -2.65. The van der Waals surface area contributed by atoms with Gasteiger partial charge in [0, 0.05) is 25.3 Å². The molecule has 31 heavy (non-hydrogen) atoms. The van der Waals surface area contributed by atoms with Crippen LogP contribution in [0.25, 0.3) is 11.0 Å². The van der Waals surface area contributed by atoms with Gasteiger partial charge in [0.25, 0.3) is 11.5 Å². The van der Waals surface area contributed by atoms with Gasteiger partial charge in [-0.3, -0.25) is 18.7 Å². The Morgan fingerprint density at radius 2 is 2.00 bits per heavy atom. The second-order valence-electron chi connectivity index (χ2n) is 10.0. The molecular weight excluding hydrogens is 403 g/mol. The number of alkyl halides is 1. The molecule has 6 rings (SSSR count). The average Bonchev–Trinajstić information content (AvgIpc) is 3.04. The van der Waals surface area contributed by atoms with Gasteiger partial charge >= 0.3 is 0 Å². The molecule has 2 atom stereocenters. The van der Waals surface area contributed by atoms with E-state index in [1.54, 1.807) is 13.2 Å². The molecule has 168 valence electrons. The van der Waals surface area contributed by atoms with Crippen LogP contribution in [-0.4, -0.2) is 48.3 Å². The van der Waals surface area contributed by atoms with E-state index < -0.39 is 35.0 Å². The zero-order valence-corrected chi connectivity index (χ0v) is 17.7. The van der Waals surface area contributed by atoms with Gasteiger partial charge in [-0.15, -0.1) is 0 Å². The first kappa shape index (κ1) is 20.5. The lowest BCUT2D eigenvalue weighted by molar-refractivity contribution is -0.139. The number of unbranched alkanes of at least 4 members (excludes halogenated alkanes) is 1. The molecule has 0 spiro atoms. The maximum Gasteiger partial charge on any atom is 0.267 e. The number of amides is 1. The van der Waals surface area contributed by atoms with Crippen LogP contribution in [-0.2, 0) is 13.6 Å². The maximum atomic E-state index is 13.3. The maximum absolute atomic E-state index is 13.3. The highest BCUT2D eigenvalue weighted by molar-refractivity contribution is 6.01. The number of aryl methyl sites for hydroxylation is 2. The summed E-state index contributed by atoms with van der Waals surface area (Å²) in [5.41, 5.74) is -1.63. The molecular formula is C22H29FN4O4. The number of hydrogen-bond acceptors (Lipinski definition) is 5. The normalized spacial score (nSPS) is 31.5. The van der Waals surface area contributed by atoms with Gasteiger partial charge < -0.3 is 20.1 Å². The average molecular weight is 432 g/mol. The molecule has 0 aromatic carbocycles. The third kappa shape index (κ3) is 3.33. The Labute approximate surface area is 179 Å². The van der Waals surface area contributed by atoms with E-state index in [0.29, 0.717) is 36.6 Å². The van der Waals surface area contributed by atoms with E-state index in [1.807, 2.05) is 0 Å². The van der Waals surface area contributed by atoms with E-state index in [-0.39, 0.29) is 17.6 Å². The van der Waals surface area contributed by atoms with Gasteiger partial charge in [0.2, 0.25) is 0 Å². The molecule has 4 saturated carbocycles. The number of halogens is 1. The summed E-state index contributed by atoms with van der Waals surface area (Å²) in [5, 5.41) is 29.1. The minimum atomic E-state index is -0.753. The van der Waals surface area contributed by atoms with Crippen molar-refractivity contribution in [1.82, 2.24) is 19.7 Å². The molecule has 2 aromatic rings. The number of rotatable bonds is 6. The Balaban J connectivity index is 1.52. The number of carbonyl (C=O) groups excluding carboxylic acids is 1. The highest BCUT2D eigenvalue weighted by atomic mass is 19.1. The molecule has 4 aliphatic carbocycles. The number of fused-ring (bicyclic) bond motifs is 1. The van der Waals surface area contributed by atoms with E-state index >= 15 is 0 Å². The van der Waals surface area contributed by atoms with Crippen molar-refractivity contribution in [3.05, 3.63) is 22.1 Å². The SMILES string of the molecule is Cn1cc2c(n1)c(O)c(C(=O)NC13CC4CC(CC(O)(C4)C1)C3)c(=O)n2CCCCF. The van der Waals surface area contributed by atoms with Crippen LogP contribution < -0.4 is 10.9 Å². The van der Waals surface area contributed by atoms with Crippen LogP contribution in [0.15, 0.2) is 11.0 Å². The number of nitrogens with one attached hydrogen (secondary N) is 1. The first-order valence-electron chi connectivity index (χ1n) is 11.1. The number of aliphatic hydroxyl groups is 1. The summed E-state index contributed by atoms with van der Waals surface area (Å²) >= 11 is 0. The summed E-state index contributed by atoms with van der Waals surface area (Å²) in [6, 6.07) is 0. The Bertz CT molecular complexity index is 1090. The van der Waals surface area contributed by atoms with E-state index in [9.17, 15) is 24.2 Å². The molecule has 2 aromatic heterocycles. The molecule has 1 amide bonds. The van der Waals surface area contributed by atoms with Crippen LogP contribution in [0.2, 0.25) is 0 Å². The number of pyridine rings is 1. The van der Waals surface area contributed by atoms with Gasteiger partial charge in [0.05, 0.1) is 17.8 Å². The molecule has 4 bridgehead atoms. The highest BCUT2D eigenvalue weighted by Crippen LogP contribution is 2.57. The number of hydrogen-bond donors (Lipinski definition) is 3. The first-order valence-corrected chi connectivity index (χ1v) is 11.1. The molecule has 0 saturated heterocycles. The Kier molecular flexibility index (Phi) is 4.66. The van der Waals surface area contributed by atoms with Gasteiger partial charge in [0.15, 0.2) is 11.3 Å². The second kappa shape index (κ2) is 7.05. The van der Waals surface area contributed by atoms with Crippen LogP contribution >= 0.6 is 0 Å². The number of aromatic hydroxyl groups is 1. The summed E-state index contributed by atoms with van der Waals surface area (Å²) in [6.07, 6.45) is 7.03. The standard InChI is InChI=1S/C22H29FN4O4/c1-26-11-15-17(25-26)18(28)16(20(30)27(15)5-3-2-4-23)19(29)24-21-7-13-6-14(8-21)10-22(31,9-13)12-21/h11,13-14,28,31H,2-10,12H2,1H3,(H,24,29). The number of nitrogens with zero attached hydrogens (tertiary/aromatic N) is 3. The van der Waals surface area contributed by atoms with Crippen molar-refractivity contribution in [2.45, 2.75) is 69.1 Å². The molecule has 2 unspecified atom stereocenters. The molecule has 3 N–H and O–H groups in total. The lowest BCUT2D eigenvalue weighted by atomic mass is 9.51. The molecule has 9 heteroatoms. The zero-order chi connectivity index (χ0) is 22.0. The van der Waals surface area contributed by atoms with E-state index in [2.05, 4.69) is 10.4 Å². The molecule has 2 heterocycles. The zero-order valence-electron chi connectivity index (χ0n) is 17.7. The largest absolute Gasteiger partial charge is 0.505 e. The molecule has 0 aliphatic heterocycles. The molecule has 4 fully saturated rings. The third-order valence-corrected chi connectivity index (χ3v) is 7.42. The molecule has 8 nitrogen and oxygen atoms in total. The van der Waals surface area contributed by atoms with Crippen LogP contribution in [0, 0.1) is 11.8 Å². The van der Waals surface area contributed by atoms with E-state index in [4.69, 9.17) is 0 Å². The summed E-state index contributed by atoms with van der Waals surface area (Å²) in [6.45, 7) is -0.245. The van der Waals surface area contributed by atoms with Gasteiger partial charge in [-0.05, 0) is 63.2 Å². The van der Waals surface area contributed by atoms with Crippen LogP contribution in [0.3, 0.4) is 0 Å². The smallest absolute Gasteiger partial charge is 0.267 e. The Morgan fingerprint density at radius 3 is 2.65 bits per heavy atom. The second-order valence-corrected chi connectivity index (χ2v) is 10.0. The van der Waals surface area contributed by atoms with E-state index in [0.717, 1.165) is 32.1 Å². The Hall–Kier alpha value is -2.42. The van der Waals surface area contributed by atoms with Crippen molar-refractivity contribution in [2.75, 3.05) is 6.67 Å². The van der Waals surface area contributed by atoms with Crippen LogP contribution in [0.4, 0.5) is 4.39 Å². The molecule has 0 radical (unpaired) electrons. The fourth-order valence-corrected chi connectivity index (χ4v) is 6.76. The summed E-state index contributed by atoms with van der Waals surface area (Å²) in [5.74, 6) is -0.310. The summed E-state index contributed by atoms with van der Waals surface area (Å²) in [7, 11) is 1.67. The topological polar surface area (TPSA) is 109 Å². The van der Waals surface area contributed by atoms with Crippen molar-refractivity contribution in [3.8, 4) is 5.75 Å². The van der Waals surface area contributed by atoms with Crippen molar-refractivity contribution >= 4 is 16.9 Å².